The number of anilines is 1. The Kier molecular flexibility index (Phi) is 3.34. The number of aromatic nitrogens is 1. The molecule has 1 heterocycles. The van der Waals surface area contributed by atoms with Gasteiger partial charge in [0.25, 0.3) is 0 Å². The maximum Gasteiger partial charge on any atom is 0.229 e. The Hall–Kier alpha value is -1.68. The van der Waals surface area contributed by atoms with Gasteiger partial charge in [-0.3, -0.25) is 4.79 Å². The van der Waals surface area contributed by atoms with Crippen LogP contribution in [-0.4, -0.2) is 10.9 Å². The number of thiazole rings is 1. The average Bonchev–Trinajstić information content (AvgIpc) is 2.95. The Labute approximate surface area is 123 Å². The first-order valence-electron chi connectivity index (χ1n) is 6.88. The van der Waals surface area contributed by atoms with Gasteiger partial charge in [0.1, 0.15) is 0 Å². The van der Waals surface area contributed by atoms with Crippen LogP contribution in [0.25, 0.3) is 11.3 Å². The minimum atomic E-state index is 0.110. The monoisotopic (exact) mass is 286 g/mol. The van der Waals surface area contributed by atoms with E-state index in [1.54, 1.807) is 0 Å². The van der Waals surface area contributed by atoms with Crippen molar-refractivity contribution < 1.29 is 4.79 Å². The molecule has 2 aromatic rings. The molecule has 1 aromatic heterocycles. The van der Waals surface area contributed by atoms with Crippen LogP contribution < -0.4 is 5.32 Å². The van der Waals surface area contributed by atoms with Gasteiger partial charge in [0.15, 0.2) is 5.13 Å². The Morgan fingerprint density at radius 3 is 2.80 bits per heavy atom. The Bertz CT molecular complexity index is 662. The van der Waals surface area contributed by atoms with Crippen molar-refractivity contribution >= 4 is 22.4 Å². The predicted molar refractivity (Wildman–Crippen MR) is 82.9 cm³/mol. The number of hydrogen-bond acceptors (Lipinski definition) is 3. The molecule has 3 nitrogen and oxygen atoms in total. The van der Waals surface area contributed by atoms with Gasteiger partial charge in [0.05, 0.1) is 5.69 Å². The zero-order valence-corrected chi connectivity index (χ0v) is 12.8. The summed E-state index contributed by atoms with van der Waals surface area (Å²) in [4.78, 5) is 16.4. The number of aryl methyl sites for hydroxylation is 2. The highest BCUT2D eigenvalue weighted by Crippen LogP contribution is 2.39. The fraction of sp³-hybridized carbons (Fsp3) is 0.375. The van der Waals surface area contributed by atoms with E-state index in [4.69, 9.17) is 0 Å². The summed E-state index contributed by atoms with van der Waals surface area (Å²) in [6.07, 6.45) is 1.00. The second-order valence-corrected chi connectivity index (χ2v) is 6.52. The minimum absolute atomic E-state index is 0.110. The molecule has 0 aliphatic heterocycles. The van der Waals surface area contributed by atoms with Crippen LogP contribution in [0.4, 0.5) is 5.13 Å². The third-order valence-corrected chi connectivity index (χ3v) is 4.60. The zero-order valence-electron chi connectivity index (χ0n) is 11.9. The summed E-state index contributed by atoms with van der Waals surface area (Å²) in [5.41, 5.74) is 4.53. The maximum absolute atomic E-state index is 11.9. The number of amides is 1. The summed E-state index contributed by atoms with van der Waals surface area (Å²) in [5.74, 6) is 0.816. The highest BCUT2D eigenvalue weighted by molar-refractivity contribution is 7.14. The smallest absolute Gasteiger partial charge is 0.229 e. The average molecular weight is 286 g/mol. The van der Waals surface area contributed by atoms with Crippen LogP contribution in [0.3, 0.4) is 0 Å². The molecule has 1 saturated carbocycles. The fourth-order valence-corrected chi connectivity index (χ4v) is 3.15. The van der Waals surface area contributed by atoms with Crippen LogP contribution in [0.1, 0.15) is 24.5 Å². The summed E-state index contributed by atoms with van der Waals surface area (Å²) in [6.45, 7) is 6.28. The van der Waals surface area contributed by atoms with Crippen molar-refractivity contribution in [1.29, 1.82) is 0 Å². The van der Waals surface area contributed by atoms with Gasteiger partial charge in [-0.15, -0.1) is 11.3 Å². The Morgan fingerprint density at radius 1 is 1.40 bits per heavy atom. The fourth-order valence-electron chi connectivity index (χ4n) is 2.44. The summed E-state index contributed by atoms with van der Waals surface area (Å²) in [6, 6.07) is 6.33. The number of hydrogen-bond donors (Lipinski definition) is 1. The number of carbonyl (C=O) groups is 1. The Balaban J connectivity index is 1.78. The molecule has 1 aromatic carbocycles. The van der Waals surface area contributed by atoms with Gasteiger partial charge in [-0.2, -0.15) is 0 Å². The molecule has 1 aliphatic rings. The van der Waals surface area contributed by atoms with Gasteiger partial charge in [-0.1, -0.05) is 30.7 Å². The lowest BCUT2D eigenvalue weighted by atomic mass is 10.0. The van der Waals surface area contributed by atoms with E-state index in [9.17, 15) is 4.79 Å². The number of nitrogens with one attached hydrogen (secondary N) is 1. The molecule has 1 aliphatic carbocycles. The molecule has 0 saturated heterocycles. The normalized spacial score (nSPS) is 20.8. The molecule has 1 N–H and O–H groups in total. The highest BCUT2D eigenvalue weighted by atomic mass is 32.1. The lowest BCUT2D eigenvalue weighted by Crippen LogP contribution is -2.14. The van der Waals surface area contributed by atoms with E-state index in [2.05, 4.69) is 49.3 Å². The molecule has 0 spiro atoms. The molecular formula is C16H18N2OS. The third-order valence-electron chi connectivity index (χ3n) is 3.84. The van der Waals surface area contributed by atoms with E-state index >= 15 is 0 Å². The summed E-state index contributed by atoms with van der Waals surface area (Å²) in [7, 11) is 0. The quantitative estimate of drug-likeness (QED) is 0.926. The molecule has 2 unspecified atom stereocenters. The molecule has 1 fully saturated rings. The first kappa shape index (κ1) is 13.3. The van der Waals surface area contributed by atoms with Crippen molar-refractivity contribution in [2.75, 3.05) is 5.32 Å². The number of rotatable bonds is 3. The lowest BCUT2D eigenvalue weighted by Gasteiger charge is -2.03. The number of nitrogens with zero attached hydrogens (tertiary/aromatic N) is 1. The van der Waals surface area contributed by atoms with Crippen LogP contribution in [0.2, 0.25) is 0 Å². The molecule has 1 amide bonds. The van der Waals surface area contributed by atoms with Gasteiger partial charge in [0.2, 0.25) is 5.91 Å². The van der Waals surface area contributed by atoms with Crippen LogP contribution in [0, 0.1) is 25.7 Å². The van der Waals surface area contributed by atoms with E-state index < -0.39 is 0 Å². The van der Waals surface area contributed by atoms with Crippen molar-refractivity contribution in [3.63, 3.8) is 0 Å². The molecule has 3 rings (SSSR count). The van der Waals surface area contributed by atoms with Crippen molar-refractivity contribution in [1.82, 2.24) is 4.98 Å². The zero-order chi connectivity index (χ0) is 14.3. The topological polar surface area (TPSA) is 42.0 Å². The molecule has 104 valence electrons. The molecule has 4 heteroatoms. The Morgan fingerprint density at radius 2 is 2.15 bits per heavy atom. The van der Waals surface area contributed by atoms with E-state index in [1.807, 2.05) is 5.38 Å². The number of carbonyl (C=O) groups excluding carboxylic acids is 1. The van der Waals surface area contributed by atoms with Crippen molar-refractivity contribution in [3.8, 4) is 11.3 Å². The summed E-state index contributed by atoms with van der Waals surface area (Å²) in [5, 5.41) is 5.63. The largest absolute Gasteiger partial charge is 0.302 e. The van der Waals surface area contributed by atoms with Gasteiger partial charge in [-0.05, 0) is 31.7 Å². The molecule has 0 radical (unpaired) electrons. The first-order valence-corrected chi connectivity index (χ1v) is 7.76. The molecule has 2 atom stereocenters. The second-order valence-electron chi connectivity index (χ2n) is 5.67. The molecular weight excluding hydrogens is 268 g/mol. The summed E-state index contributed by atoms with van der Waals surface area (Å²) >= 11 is 1.49. The van der Waals surface area contributed by atoms with Gasteiger partial charge >= 0.3 is 0 Å². The van der Waals surface area contributed by atoms with Gasteiger partial charge < -0.3 is 5.32 Å². The van der Waals surface area contributed by atoms with Crippen molar-refractivity contribution in [2.45, 2.75) is 27.2 Å². The maximum atomic E-state index is 11.9. The predicted octanol–water partition coefficient (Wildman–Crippen LogP) is 4.02. The minimum Gasteiger partial charge on any atom is -0.302 e. The number of benzene rings is 1. The van der Waals surface area contributed by atoms with E-state index in [0.717, 1.165) is 17.7 Å². The SMILES string of the molecule is Cc1ccc(-c2csc(NC(=O)C3CC3C)n2)c(C)c1. The summed E-state index contributed by atoms with van der Waals surface area (Å²) < 4.78 is 0. The second kappa shape index (κ2) is 5.02. The van der Waals surface area contributed by atoms with Gasteiger partial charge in [0, 0.05) is 16.9 Å². The van der Waals surface area contributed by atoms with Crippen LogP contribution >= 0.6 is 11.3 Å². The van der Waals surface area contributed by atoms with Gasteiger partial charge in [-0.25, -0.2) is 4.98 Å². The van der Waals surface area contributed by atoms with E-state index in [0.29, 0.717) is 11.0 Å². The van der Waals surface area contributed by atoms with E-state index in [-0.39, 0.29) is 11.8 Å². The van der Waals surface area contributed by atoms with Crippen LogP contribution in [0.15, 0.2) is 23.6 Å². The standard InChI is InChI=1S/C16H18N2OS/c1-9-4-5-12(10(2)6-9)14-8-20-16(17-14)18-15(19)13-7-11(13)3/h4-6,8,11,13H,7H2,1-3H3,(H,17,18,19). The lowest BCUT2D eigenvalue weighted by molar-refractivity contribution is -0.117. The van der Waals surface area contributed by atoms with Crippen LogP contribution in [0.5, 0.6) is 0 Å². The van der Waals surface area contributed by atoms with Crippen molar-refractivity contribution in [3.05, 3.63) is 34.7 Å². The van der Waals surface area contributed by atoms with Crippen LogP contribution in [-0.2, 0) is 4.79 Å². The molecule has 0 bridgehead atoms. The van der Waals surface area contributed by atoms with Crippen molar-refractivity contribution in [2.24, 2.45) is 11.8 Å². The molecule has 20 heavy (non-hydrogen) atoms. The van der Waals surface area contributed by atoms with E-state index in [1.165, 1.54) is 22.5 Å². The third kappa shape index (κ3) is 2.61. The highest BCUT2D eigenvalue weighted by Gasteiger charge is 2.39. The first-order chi connectivity index (χ1) is 9.54.